The second kappa shape index (κ2) is 8.72. The second-order valence-corrected chi connectivity index (χ2v) is 13.4. The minimum Gasteiger partial charge on any atom is -0.393 e. The SMILES string of the molecule is CCC1C[C@@]2(C)[C@H](CC[C@@H]3[C@@H]2CC[C@]2(C)[C@@H]([C@H](C)CCCC(C)C)CC[C@@H]32)C[C@@H]1O. The lowest BCUT2D eigenvalue weighted by Crippen LogP contribution is -2.55. The molecule has 4 fully saturated rings. The van der Waals surface area contributed by atoms with Crippen molar-refractivity contribution in [2.24, 2.45) is 58.2 Å². The monoisotopic (exact) mass is 416 g/mol. The standard InChI is InChI=1S/C29H52O/c1-7-21-18-29(6)22(17-27(21)30)11-12-23-25-14-13-24(20(4)10-8-9-19(2)3)28(25,5)16-15-26(23)29/h19-27,30H,7-18H2,1-6H3/t20-,21?,22-,23+,24-,25+,26+,27+,28-,29+/m1/s1. The van der Waals surface area contributed by atoms with E-state index in [1.165, 1.54) is 64.2 Å². The highest BCUT2D eigenvalue weighted by Crippen LogP contribution is 2.68. The van der Waals surface area contributed by atoms with Crippen LogP contribution in [0.2, 0.25) is 0 Å². The molecule has 0 aliphatic heterocycles. The molecule has 0 aromatic heterocycles. The maximum atomic E-state index is 10.7. The van der Waals surface area contributed by atoms with Crippen LogP contribution in [-0.4, -0.2) is 11.2 Å². The van der Waals surface area contributed by atoms with Gasteiger partial charge in [0, 0.05) is 0 Å². The van der Waals surface area contributed by atoms with Crippen LogP contribution < -0.4 is 0 Å². The van der Waals surface area contributed by atoms with Gasteiger partial charge in [-0.25, -0.2) is 0 Å². The van der Waals surface area contributed by atoms with Gasteiger partial charge in [0.1, 0.15) is 0 Å². The van der Waals surface area contributed by atoms with Crippen molar-refractivity contribution < 1.29 is 5.11 Å². The molecule has 4 aliphatic rings. The average Bonchev–Trinajstić information content (AvgIpc) is 3.05. The molecule has 0 radical (unpaired) electrons. The molecular formula is C29H52O. The Morgan fingerprint density at radius 1 is 0.900 bits per heavy atom. The average molecular weight is 417 g/mol. The molecular weight excluding hydrogens is 364 g/mol. The van der Waals surface area contributed by atoms with Crippen molar-refractivity contribution in [1.29, 1.82) is 0 Å². The molecule has 0 spiro atoms. The maximum Gasteiger partial charge on any atom is 0.0571 e. The Labute approximate surface area is 188 Å². The molecule has 30 heavy (non-hydrogen) atoms. The van der Waals surface area contributed by atoms with E-state index in [2.05, 4.69) is 41.5 Å². The molecule has 0 saturated heterocycles. The number of aliphatic hydroxyl groups excluding tert-OH is 1. The van der Waals surface area contributed by atoms with Crippen LogP contribution in [0.15, 0.2) is 0 Å². The van der Waals surface area contributed by atoms with E-state index in [0.717, 1.165) is 54.3 Å². The van der Waals surface area contributed by atoms with E-state index in [-0.39, 0.29) is 6.10 Å². The molecule has 0 heterocycles. The van der Waals surface area contributed by atoms with Crippen molar-refractivity contribution in [3.8, 4) is 0 Å². The minimum atomic E-state index is -0.0268. The minimum absolute atomic E-state index is 0.0268. The second-order valence-electron chi connectivity index (χ2n) is 13.4. The predicted molar refractivity (Wildman–Crippen MR) is 128 cm³/mol. The lowest BCUT2D eigenvalue weighted by atomic mass is 9.43. The quantitative estimate of drug-likeness (QED) is 0.463. The summed E-state index contributed by atoms with van der Waals surface area (Å²) in [5.74, 6) is 6.98. The Morgan fingerprint density at radius 2 is 1.63 bits per heavy atom. The zero-order valence-electron chi connectivity index (χ0n) is 21.1. The fourth-order valence-electron chi connectivity index (χ4n) is 9.87. The third-order valence-corrected chi connectivity index (χ3v) is 11.6. The van der Waals surface area contributed by atoms with Crippen LogP contribution in [0.25, 0.3) is 0 Å². The highest BCUT2D eigenvalue weighted by atomic mass is 16.3. The van der Waals surface area contributed by atoms with Crippen molar-refractivity contribution >= 4 is 0 Å². The molecule has 1 N–H and O–H groups in total. The Bertz CT molecular complexity index is 583. The molecule has 0 aromatic rings. The van der Waals surface area contributed by atoms with Crippen LogP contribution in [-0.2, 0) is 0 Å². The summed E-state index contributed by atoms with van der Waals surface area (Å²) in [6.07, 6.45) is 16.7. The zero-order chi connectivity index (χ0) is 21.7. The van der Waals surface area contributed by atoms with Crippen molar-refractivity contribution in [2.45, 2.75) is 125 Å². The number of rotatable bonds is 6. The first-order valence-corrected chi connectivity index (χ1v) is 13.9. The van der Waals surface area contributed by atoms with Crippen LogP contribution in [0, 0.1) is 58.2 Å². The van der Waals surface area contributed by atoms with Gasteiger partial charge in [-0.15, -0.1) is 0 Å². The van der Waals surface area contributed by atoms with Crippen LogP contribution in [0.1, 0.15) is 119 Å². The highest BCUT2D eigenvalue weighted by molar-refractivity contribution is 5.10. The summed E-state index contributed by atoms with van der Waals surface area (Å²) in [4.78, 5) is 0. The molecule has 1 heteroatoms. The lowest BCUT2D eigenvalue weighted by molar-refractivity contribution is -0.145. The number of hydrogen-bond donors (Lipinski definition) is 1. The van der Waals surface area contributed by atoms with Gasteiger partial charge in [0.2, 0.25) is 0 Å². The maximum absolute atomic E-state index is 10.7. The van der Waals surface area contributed by atoms with Crippen LogP contribution in [0.4, 0.5) is 0 Å². The molecule has 174 valence electrons. The summed E-state index contributed by atoms with van der Waals surface area (Å²) in [5, 5.41) is 10.7. The van der Waals surface area contributed by atoms with Gasteiger partial charge in [-0.1, -0.05) is 67.2 Å². The van der Waals surface area contributed by atoms with E-state index in [0.29, 0.717) is 16.7 Å². The lowest BCUT2D eigenvalue weighted by Gasteiger charge is -2.62. The van der Waals surface area contributed by atoms with Gasteiger partial charge in [-0.3, -0.25) is 0 Å². The molecule has 0 amide bonds. The fraction of sp³-hybridized carbons (Fsp3) is 1.00. The van der Waals surface area contributed by atoms with Gasteiger partial charge < -0.3 is 5.11 Å². The summed E-state index contributed by atoms with van der Waals surface area (Å²) in [5.41, 5.74) is 1.12. The van der Waals surface area contributed by atoms with E-state index in [9.17, 15) is 5.11 Å². The molecule has 4 aliphatic carbocycles. The van der Waals surface area contributed by atoms with Gasteiger partial charge in [0.25, 0.3) is 0 Å². The van der Waals surface area contributed by atoms with E-state index in [1.54, 1.807) is 0 Å². The first kappa shape index (κ1) is 23.1. The summed E-state index contributed by atoms with van der Waals surface area (Å²) in [7, 11) is 0. The van der Waals surface area contributed by atoms with Crippen molar-refractivity contribution in [2.75, 3.05) is 0 Å². The van der Waals surface area contributed by atoms with Gasteiger partial charge >= 0.3 is 0 Å². The summed E-state index contributed by atoms with van der Waals surface area (Å²) < 4.78 is 0. The Morgan fingerprint density at radius 3 is 2.33 bits per heavy atom. The van der Waals surface area contributed by atoms with Gasteiger partial charge in [-0.2, -0.15) is 0 Å². The van der Waals surface area contributed by atoms with Gasteiger partial charge in [0.15, 0.2) is 0 Å². The smallest absolute Gasteiger partial charge is 0.0571 e. The first-order valence-electron chi connectivity index (χ1n) is 13.9. The summed E-state index contributed by atoms with van der Waals surface area (Å²) in [6, 6.07) is 0. The molecule has 4 saturated carbocycles. The van der Waals surface area contributed by atoms with E-state index in [1.807, 2.05) is 0 Å². The predicted octanol–water partition coefficient (Wildman–Crippen LogP) is 8.10. The van der Waals surface area contributed by atoms with Crippen molar-refractivity contribution in [3.63, 3.8) is 0 Å². The van der Waals surface area contributed by atoms with Crippen LogP contribution in [0.5, 0.6) is 0 Å². The third-order valence-electron chi connectivity index (χ3n) is 11.6. The highest BCUT2D eigenvalue weighted by Gasteiger charge is 2.61. The van der Waals surface area contributed by atoms with E-state index >= 15 is 0 Å². The van der Waals surface area contributed by atoms with Crippen molar-refractivity contribution in [1.82, 2.24) is 0 Å². The summed E-state index contributed by atoms with van der Waals surface area (Å²) >= 11 is 0. The number of aliphatic hydroxyl groups is 1. The van der Waals surface area contributed by atoms with Gasteiger partial charge in [-0.05, 0) is 110 Å². The number of hydrogen-bond acceptors (Lipinski definition) is 1. The molecule has 10 atom stereocenters. The van der Waals surface area contributed by atoms with Gasteiger partial charge in [0.05, 0.1) is 6.10 Å². The first-order chi connectivity index (χ1) is 14.2. The van der Waals surface area contributed by atoms with E-state index in [4.69, 9.17) is 0 Å². The van der Waals surface area contributed by atoms with Crippen LogP contribution >= 0.6 is 0 Å². The summed E-state index contributed by atoms with van der Waals surface area (Å²) in [6.45, 7) is 15.0. The zero-order valence-corrected chi connectivity index (χ0v) is 21.1. The third kappa shape index (κ3) is 3.82. The molecule has 4 rings (SSSR count). The fourth-order valence-corrected chi connectivity index (χ4v) is 9.87. The molecule has 0 aromatic carbocycles. The Hall–Kier alpha value is -0.0400. The largest absolute Gasteiger partial charge is 0.393 e. The molecule has 1 nitrogen and oxygen atoms in total. The Kier molecular flexibility index (Phi) is 6.72. The topological polar surface area (TPSA) is 20.2 Å². The number of fused-ring (bicyclic) bond motifs is 5. The van der Waals surface area contributed by atoms with E-state index < -0.39 is 0 Å². The molecule has 1 unspecified atom stereocenters. The van der Waals surface area contributed by atoms with Crippen LogP contribution in [0.3, 0.4) is 0 Å². The molecule has 0 bridgehead atoms. The normalized spacial score (nSPS) is 49.4. The Balaban J connectivity index is 1.48. The van der Waals surface area contributed by atoms with Crippen molar-refractivity contribution in [3.05, 3.63) is 0 Å².